The molecule has 6 rings (SSSR count). The molecule has 0 radical (unpaired) electrons. The number of carbonyl (C=O) groups excluding carboxylic acids is 1. The number of aryl methyl sites for hydroxylation is 2. The zero-order chi connectivity index (χ0) is 24.3. The first-order valence-corrected chi connectivity index (χ1v) is 11.4. The molecule has 7 nitrogen and oxygen atoms in total. The smallest absolute Gasteiger partial charge is 0.303 e. The van der Waals surface area contributed by atoms with Gasteiger partial charge in [-0.1, -0.05) is 42.5 Å². The summed E-state index contributed by atoms with van der Waals surface area (Å²) in [5.41, 5.74) is 4.51. The van der Waals surface area contributed by atoms with Crippen molar-refractivity contribution in [1.29, 1.82) is 0 Å². The van der Waals surface area contributed by atoms with Crippen LogP contribution in [-0.4, -0.2) is 31.0 Å². The third kappa shape index (κ3) is 3.12. The molecule has 0 saturated carbocycles. The molecular weight excluding hydrogens is 442 g/mol. The van der Waals surface area contributed by atoms with Crippen LogP contribution in [0.25, 0.3) is 38.8 Å². The third-order valence-electron chi connectivity index (χ3n) is 6.75. The molecule has 2 aromatic heterocycles. The molecule has 1 aliphatic rings. The molecule has 1 aliphatic carbocycles. The van der Waals surface area contributed by atoms with Crippen LogP contribution in [0.5, 0.6) is 0 Å². The molecular formula is C28H21N3O4. The molecule has 2 heterocycles. The molecule has 0 spiro atoms. The van der Waals surface area contributed by atoms with Crippen LogP contribution in [0.1, 0.15) is 34.6 Å². The van der Waals surface area contributed by atoms with Gasteiger partial charge in [0.05, 0.1) is 28.0 Å². The van der Waals surface area contributed by atoms with Crippen molar-refractivity contribution in [3.05, 3.63) is 94.0 Å². The largest absolute Gasteiger partial charge is 0.481 e. The summed E-state index contributed by atoms with van der Waals surface area (Å²) in [6, 6.07) is 20.2. The number of carbonyl (C=O) groups is 2. The van der Waals surface area contributed by atoms with Gasteiger partial charge >= 0.3 is 5.97 Å². The molecule has 0 atom stereocenters. The molecule has 5 aromatic rings. The Balaban J connectivity index is 1.59. The number of imidazole rings is 1. The highest BCUT2D eigenvalue weighted by Gasteiger charge is 2.32. The summed E-state index contributed by atoms with van der Waals surface area (Å²) >= 11 is 0. The highest BCUT2D eigenvalue weighted by Crippen LogP contribution is 2.40. The third-order valence-corrected chi connectivity index (χ3v) is 6.75. The van der Waals surface area contributed by atoms with E-state index in [1.54, 1.807) is 22.8 Å². The number of carboxylic acids is 1. The van der Waals surface area contributed by atoms with Gasteiger partial charge in [-0.15, -0.1) is 0 Å². The van der Waals surface area contributed by atoms with Gasteiger partial charge in [-0.2, -0.15) is 0 Å². The van der Waals surface area contributed by atoms with Crippen molar-refractivity contribution in [3.63, 3.8) is 0 Å². The Hall–Kier alpha value is -4.52. The van der Waals surface area contributed by atoms with E-state index in [1.165, 1.54) is 0 Å². The molecule has 0 fully saturated rings. The SMILES string of the molecule is Cn1c(CCCC(=O)O)nc2cc(-n3c4c(c5ccccc5c3=O)C(=O)c3ccccc3-4)ccc21. The maximum Gasteiger partial charge on any atom is 0.303 e. The number of carboxylic acid groups (broad SMARTS) is 1. The van der Waals surface area contributed by atoms with Gasteiger partial charge in [0.1, 0.15) is 5.82 Å². The van der Waals surface area contributed by atoms with Crippen LogP contribution < -0.4 is 5.56 Å². The summed E-state index contributed by atoms with van der Waals surface area (Å²) in [5.74, 6) is -0.124. The van der Waals surface area contributed by atoms with Crippen molar-refractivity contribution >= 4 is 33.6 Å². The second-order valence-corrected chi connectivity index (χ2v) is 8.79. The highest BCUT2D eigenvalue weighted by atomic mass is 16.4. The molecule has 7 heteroatoms. The van der Waals surface area contributed by atoms with E-state index in [2.05, 4.69) is 0 Å². The average molecular weight is 463 g/mol. The predicted octanol–water partition coefficient (Wildman–Crippen LogP) is 4.50. The van der Waals surface area contributed by atoms with Crippen LogP contribution in [-0.2, 0) is 18.3 Å². The number of nitrogens with zero attached hydrogens (tertiary/aromatic N) is 3. The van der Waals surface area contributed by atoms with Gasteiger partial charge in [-0.3, -0.25) is 19.0 Å². The Labute approximate surface area is 199 Å². The Bertz CT molecular complexity index is 1760. The zero-order valence-corrected chi connectivity index (χ0v) is 19.0. The van der Waals surface area contributed by atoms with Gasteiger partial charge in [0, 0.05) is 41.8 Å². The molecule has 0 amide bonds. The summed E-state index contributed by atoms with van der Waals surface area (Å²) in [4.78, 5) is 42.8. The molecule has 0 bridgehead atoms. The van der Waals surface area contributed by atoms with Gasteiger partial charge in [-0.05, 0) is 30.7 Å². The number of pyridine rings is 1. The Morgan fingerprint density at radius 2 is 1.66 bits per heavy atom. The van der Waals surface area contributed by atoms with Crippen molar-refractivity contribution in [2.45, 2.75) is 19.3 Å². The van der Waals surface area contributed by atoms with Crippen LogP contribution >= 0.6 is 0 Å². The van der Waals surface area contributed by atoms with E-state index in [4.69, 9.17) is 10.1 Å². The highest BCUT2D eigenvalue weighted by molar-refractivity contribution is 6.26. The van der Waals surface area contributed by atoms with Crippen molar-refractivity contribution in [1.82, 2.24) is 14.1 Å². The maximum atomic E-state index is 13.8. The first-order valence-electron chi connectivity index (χ1n) is 11.4. The normalized spacial score (nSPS) is 12.3. The predicted molar refractivity (Wildman–Crippen MR) is 133 cm³/mol. The van der Waals surface area contributed by atoms with E-state index in [1.807, 2.05) is 60.1 Å². The summed E-state index contributed by atoms with van der Waals surface area (Å²) in [6.45, 7) is 0. The number of fused-ring (bicyclic) bond motifs is 6. The number of rotatable bonds is 5. The van der Waals surface area contributed by atoms with Crippen molar-refractivity contribution < 1.29 is 14.7 Å². The van der Waals surface area contributed by atoms with Crippen LogP contribution in [0.3, 0.4) is 0 Å². The fourth-order valence-electron chi connectivity index (χ4n) is 5.10. The number of ketones is 1. The van der Waals surface area contributed by atoms with Crippen molar-refractivity contribution in [2.75, 3.05) is 0 Å². The summed E-state index contributed by atoms with van der Waals surface area (Å²) in [5, 5.41) is 10.1. The Kier molecular flexibility index (Phi) is 4.67. The topological polar surface area (TPSA) is 94.2 Å². The van der Waals surface area contributed by atoms with Crippen LogP contribution in [0.4, 0.5) is 0 Å². The number of aliphatic carboxylic acids is 1. The second-order valence-electron chi connectivity index (χ2n) is 8.79. The Morgan fingerprint density at radius 3 is 2.43 bits per heavy atom. The number of hydrogen-bond acceptors (Lipinski definition) is 4. The van der Waals surface area contributed by atoms with Gasteiger partial charge in [0.25, 0.3) is 5.56 Å². The molecule has 0 unspecified atom stereocenters. The maximum absolute atomic E-state index is 13.8. The van der Waals surface area contributed by atoms with Gasteiger partial charge < -0.3 is 9.67 Å². The van der Waals surface area contributed by atoms with E-state index in [0.717, 1.165) is 16.9 Å². The first-order chi connectivity index (χ1) is 17.0. The Morgan fingerprint density at radius 1 is 0.943 bits per heavy atom. The van der Waals surface area contributed by atoms with Crippen LogP contribution in [0, 0.1) is 0 Å². The zero-order valence-electron chi connectivity index (χ0n) is 19.0. The quantitative estimate of drug-likeness (QED) is 0.406. The molecule has 35 heavy (non-hydrogen) atoms. The number of aromatic nitrogens is 3. The fraction of sp³-hybridized carbons (Fsp3) is 0.143. The lowest BCUT2D eigenvalue weighted by Gasteiger charge is -2.15. The molecule has 0 aliphatic heterocycles. The standard InChI is InChI=1S/C28H21N3O4/c1-30-22-14-13-16(15-21(22)29-23(30)11-6-12-24(32)33)31-26-18-8-3-4-9-19(18)27(34)25(26)17-7-2-5-10-20(17)28(31)35/h2-5,7-10,13-15H,6,11-12H2,1H3,(H,32,33). The molecule has 172 valence electrons. The lowest BCUT2D eigenvalue weighted by molar-refractivity contribution is -0.137. The fourth-order valence-corrected chi connectivity index (χ4v) is 5.10. The van der Waals surface area contributed by atoms with E-state index in [0.29, 0.717) is 51.6 Å². The van der Waals surface area contributed by atoms with Crippen molar-refractivity contribution in [2.24, 2.45) is 7.05 Å². The minimum Gasteiger partial charge on any atom is -0.481 e. The summed E-state index contributed by atoms with van der Waals surface area (Å²) < 4.78 is 3.58. The van der Waals surface area contributed by atoms with E-state index < -0.39 is 5.97 Å². The van der Waals surface area contributed by atoms with Gasteiger partial charge in [0.15, 0.2) is 5.78 Å². The molecule has 1 N–H and O–H groups in total. The minimum absolute atomic E-state index is 0.0832. The van der Waals surface area contributed by atoms with E-state index in [-0.39, 0.29) is 17.8 Å². The van der Waals surface area contributed by atoms with Crippen molar-refractivity contribution in [3.8, 4) is 16.9 Å². The summed E-state index contributed by atoms with van der Waals surface area (Å²) in [7, 11) is 1.90. The van der Waals surface area contributed by atoms with E-state index in [9.17, 15) is 14.4 Å². The lowest BCUT2D eigenvalue weighted by atomic mass is 10.0. The monoisotopic (exact) mass is 463 g/mol. The van der Waals surface area contributed by atoms with Gasteiger partial charge in [0.2, 0.25) is 0 Å². The average Bonchev–Trinajstić information content (AvgIpc) is 3.33. The second kappa shape index (κ2) is 7.77. The summed E-state index contributed by atoms with van der Waals surface area (Å²) in [6.07, 6.45) is 1.12. The lowest BCUT2D eigenvalue weighted by Crippen LogP contribution is -2.21. The van der Waals surface area contributed by atoms with Gasteiger partial charge in [-0.25, -0.2) is 4.98 Å². The molecule has 0 saturated heterocycles. The van der Waals surface area contributed by atoms with Crippen LogP contribution in [0.2, 0.25) is 0 Å². The number of benzene rings is 3. The number of hydrogen-bond donors (Lipinski definition) is 1. The van der Waals surface area contributed by atoms with Crippen LogP contribution in [0.15, 0.2) is 71.5 Å². The van der Waals surface area contributed by atoms with E-state index >= 15 is 0 Å². The molecule has 3 aromatic carbocycles. The minimum atomic E-state index is -0.828. The first kappa shape index (κ1) is 21.0.